The van der Waals surface area contributed by atoms with Gasteiger partial charge in [-0.3, -0.25) is 4.79 Å². The van der Waals surface area contributed by atoms with E-state index in [1.54, 1.807) is 0 Å². The summed E-state index contributed by atoms with van der Waals surface area (Å²) in [6.45, 7) is 4.14. The van der Waals surface area contributed by atoms with E-state index in [4.69, 9.17) is 5.11 Å². The van der Waals surface area contributed by atoms with Crippen molar-refractivity contribution in [1.29, 1.82) is 0 Å². The monoisotopic (exact) mass is 274 g/mol. The molecule has 1 saturated heterocycles. The van der Waals surface area contributed by atoms with Gasteiger partial charge in [0.15, 0.2) is 0 Å². The summed E-state index contributed by atoms with van der Waals surface area (Å²) in [6, 6.07) is -0.0142. The number of carbonyl (C=O) groups is 2. The molecule has 1 rings (SSSR count). The highest BCUT2D eigenvalue weighted by Gasteiger charge is 2.16. The molecule has 0 aromatic heterocycles. The smallest absolute Gasteiger partial charge is 0.317 e. The first-order chi connectivity index (χ1) is 8.59. The van der Waals surface area contributed by atoms with Crippen LogP contribution < -0.4 is 5.32 Å². The van der Waals surface area contributed by atoms with Gasteiger partial charge in [-0.15, -0.1) is 0 Å². The van der Waals surface area contributed by atoms with Gasteiger partial charge in [0.05, 0.1) is 0 Å². The van der Waals surface area contributed by atoms with E-state index < -0.39 is 5.97 Å². The molecule has 5 nitrogen and oxygen atoms in total. The molecule has 1 fully saturated rings. The van der Waals surface area contributed by atoms with Crippen molar-refractivity contribution in [3.8, 4) is 0 Å². The zero-order valence-corrected chi connectivity index (χ0v) is 11.7. The molecule has 1 aliphatic rings. The quantitative estimate of drug-likeness (QED) is 0.799. The van der Waals surface area contributed by atoms with E-state index >= 15 is 0 Å². The van der Waals surface area contributed by atoms with Crippen LogP contribution in [0.4, 0.5) is 4.79 Å². The number of hydrogen-bond donors (Lipinski definition) is 2. The van der Waals surface area contributed by atoms with Gasteiger partial charge < -0.3 is 15.3 Å². The Labute approximate surface area is 112 Å². The normalized spacial score (nSPS) is 17.9. The Balaban J connectivity index is 2.20. The van der Waals surface area contributed by atoms with Crippen LogP contribution in [0, 0.1) is 5.92 Å². The third kappa shape index (κ3) is 6.14. The fraction of sp³-hybridized carbons (Fsp3) is 0.833. The second-order valence-electron chi connectivity index (χ2n) is 4.68. The highest BCUT2D eigenvalue weighted by Crippen LogP contribution is 2.10. The van der Waals surface area contributed by atoms with Crippen LogP contribution in [0.5, 0.6) is 0 Å². The molecule has 0 saturated carbocycles. The summed E-state index contributed by atoms with van der Waals surface area (Å²) in [5.74, 6) is 1.55. The van der Waals surface area contributed by atoms with Crippen LogP contribution in [0.15, 0.2) is 0 Å². The Hall–Kier alpha value is -0.910. The molecule has 0 radical (unpaired) electrons. The molecule has 0 aromatic rings. The molecule has 18 heavy (non-hydrogen) atoms. The molecule has 2 amide bonds. The summed E-state index contributed by atoms with van der Waals surface area (Å²) in [5, 5.41) is 11.5. The van der Waals surface area contributed by atoms with Crippen LogP contribution in [-0.2, 0) is 4.79 Å². The molecular formula is C12H22N2O3S. The molecule has 104 valence electrons. The van der Waals surface area contributed by atoms with Crippen molar-refractivity contribution in [1.82, 2.24) is 10.2 Å². The lowest BCUT2D eigenvalue weighted by Crippen LogP contribution is -2.42. The lowest BCUT2D eigenvalue weighted by molar-refractivity contribution is -0.137. The topological polar surface area (TPSA) is 69.6 Å². The molecule has 1 unspecified atom stereocenters. The number of rotatable bonds is 5. The third-order valence-electron chi connectivity index (χ3n) is 2.96. The number of carboxylic acid groups (broad SMARTS) is 1. The van der Waals surface area contributed by atoms with Gasteiger partial charge >= 0.3 is 12.0 Å². The average molecular weight is 274 g/mol. The van der Waals surface area contributed by atoms with Gasteiger partial charge in [0.1, 0.15) is 0 Å². The molecule has 6 heteroatoms. The van der Waals surface area contributed by atoms with E-state index in [0.29, 0.717) is 13.0 Å². The zero-order chi connectivity index (χ0) is 13.4. The molecular weight excluding hydrogens is 252 g/mol. The van der Waals surface area contributed by atoms with Crippen molar-refractivity contribution in [2.75, 3.05) is 31.1 Å². The third-order valence-corrected chi connectivity index (χ3v) is 4.01. The van der Waals surface area contributed by atoms with E-state index in [1.807, 2.05) is 23.6 Å². The summed E-state index contributed by atoms with van der Waals surface area (Å²) in [4.78, 5) is 24.2. The van der Waals surface area contributed by atoms with Gasteiger partial charge in [0.2, 0.25) is 0 Å². The molecule has 1 heterocycles. The number of carboxylic acids is 1. The number of urea groups is 1. The predicted octanol–water partition coefficient (Wildman–Crippen LogP) is 1.64. The van der Waals surface area contributed by atoms with E-state index in [0.717, 1.165) is 31.0 Å². The number of hydrogen-bond acceptors (Lipinski definition) is 3. The fourth-order valence-electron chi connectivity index (χ4n) is 1.79. The highest BCUT2D eigenvalue weighted by molar-refractivity contribution is 7.99. The highest BCUT2D eigenvalue weighted by atomic mass is 32.2. The Bertz CT molecular complexity index is 278. The van der Waals surface area contributed by atoms with Crippen molar-refractivity contribution < 1.29 is 14.7 Å². The largest absolute Gasteiger partial charge is 0.481 e. The first-order valence-corrected chi connectivity index (χ1v) is 7.57. The first kappa shape index (κ1) is 15.1. The summed E-state index contributed by atoms with van der Waals surface area (Å²) in [7, 11) is 0. The van der Waals surface area contributed by atoms with Crippen molar-refractivity contribution in [3.63, 3.8) is 0 Å². The van der Waals surface area contributed by atoms with Crippen molar-refractivity contribution >= 4 is 23.8 Å². The molecule has 0 bridgehead atoms. The van der Waals surface area contributed by atoms with Crippen LogP contribution in [-0.4, -0.2) is 53.1 Å². The Morgan fingerprint density at radius 2 is 2.17 bits per heavy atom. The number of carbonyl (C=O) groups excluding carboxylic acids is 1. The van der Waals surface area contributed by atoms with Gasteiger partial charge in [-0.05, 0) is 24.5 Å². The lowest BCUT2D eigenvalue weighted by Gasteiger charge is -2.21. The first-order valence-electron chi connectivity index (χ1n) is 6.42. The van der Waals surface area contributed by atoms with Crippen LogP contribution in [0.1, 0.15) is 26.2 Å². The minimum absolute atomic E-state index is 0.0142. The van der Waals surface area contributed by atoms with E-state index in [-0.39, 0.29) is 18.4 Å². The minimum atomic E-state index is -0.780. The van der Waals surface area contributed by atoms with Gasteiger partial charge in [-0.25, -0.2) is 4.79 Å². The maximum absolute atomic E-state index is 11.9. The molecule has 0 aromatic carbocycles. The average Bonchev–Trinajstić information content (AvgIpc) is 2.62. The van der Waals surface area contributed by atoms with Crippen LogP contribution >= 0.6 is 11.8 Å². The van der Waals surface area contributed by atoms with Crippen LogP contribution in [0.2, 0.25) is 0 Å². The van der Waals surface area contributed by atoms with Crippen molar-refractivity contribution in [2.24, 2.45) is 5.92 Å². The van der Waals surface area contributed by atoms with E-state index in [2.05, 4.69) is 5.32 Å². The van der Waals surface area contributed by atoms with Crippen LogP contribution in [0.3, 0.4) is 0 Å². The summed E-state index contributed by atoms with van der Waals surface area (Å²) >= 11 is 1.89. The predicted molar refractivity (Wildman–Crippen MR) is 72.9 cm³/mol. The van der Waals surface area contributed by atoms with Crippen molar-refractivity contribution in [2.45, 2.75) is 26.2 Å². The number of thioether (sulfide) groups is 1. The molecule has 1 aliphatic heterocycles. The minimum Gasteiger partial charge on any atom is -0.481 e. The van der Waals surface area contributed by atoms with Crippen molar-refractivity contribution in [3.05, 3.63) is 0 Å². The van der Waals surface area contributed by atoms with Crippen LogP contribution in [0.25, 0.3) is 0 Å². The van der Waals surface area contributed by atoms with Gasteiger partial charge in [-0.1, -0.05) is 6.92 Å². The maximum atomic E-state index is 11.9. The Kier molecular flexibility index (Phi) is 6.93. The maximum Gasteiger partial charge on any atom is 0.317 e. The van der Waals surface area contributed by atoms with Gasteiger partial charge in [-0.2, -0.15) is 11.8 Å². The van der Waals surface area contributed by atoms with Gasteiger partial charge in [0.25, 0.3) is 0 Å². The van der Waals surface area contributed by atoms with E-state index in [9.17, 15) is 9.59 Å². The van der Waals surface area contributed by atoms with Gasteiger partial charge in [0, 0.05) is 31.8 Å². The number of nitrogens with zero attached hydrogens (tertiary/aromatic N) is 1. The fourth-order valence-corrected chi connectivity index (χ4v) is 2.68. The molecule has 0 spiro atoms. The SMILES string of the molecule is CC(CCC(=O)O)CNC(=O)N1CCCSCC1. The Morgan fingerprint density at radius 3 is 2.89 bits per heavy atom. The van der Waals surface area contributed by atoms with E-state index in [1.165, 1.54) is 0 Å². The summed E-state index contributed by atoms with van der Waals surface area (Å²) in [5.41, 5.74) is 0. The molecule has 0 aliphatic carbocycles. The molecule has 1 atom stereocenters. The second-order valence-corrected chi connectivity index (χ2v) is 5.90. The number of nitrogens with one attached hydrogen (secondary N) is 1. The Morgan fingerprint density at radius 1 is 1.39 bits per heavy atom. The number of aliphatic carboxylic acids is 1. The molecule has 2 N–H and O–H groups in total. The lowest BCUT2D eigenvalue weighted by atomic mass is 10.1. The number of amides is 2. The zero-order valence-electron chi connectivity index (χ0n) is 10.9. The second kappa shape index (κ2) is 8.24. The summed E-state index contributed by atoms with van der Waals surface area (Å²) < 4.78 is 0. The summed E-state index contributed by atoms with van der Waals surface area (Å²) in [6.07, 6.45) is 1.81. The standard InChI is InChI=1S/C12H22N2O3S/c1-10(3-4-11(15)16)9-13-12(17)14-5-2-7-18-8-6-14/h10H,2-9H2,1H3,(H,13,17)(H,15,16).